The topological polar surface area (TPSA) is 75.4 Å². The summed E-state index contributed by atoms with van der Waals surface area (Å²) in [5, 5.41) is 12.2. The first-order valence-corrected chi connectivity index (χ1v) is 5.39. The van der Waals surface area contributed by atoms with Gasteiger partial charge in [0.2, 0.25) is 5.91 Å². The number of aromatic hydroxyl groups is 1. The summed E-state index contributed by atoms with van der Waals surface area (Å²) in [5.74, 6) is -0.292. The fraction of sp³-hybridized carbons (Fsp3) is 0.300. The first-order valence-electron chi connectivity index (χ1n) is 4.60. The smallest absolute Gasteiger partial charge is 0.241 e. The number of hydrogen-bond acceptors (Lipinski definition) is 3. The zero-order chi connectivity index (χ0) is 11.4. The fourth-order valence-electron chi connectivity index (χ4n) is 1.03. The Kier molecular flexibility index (Phi) is 4.11. The first-order chi connectivity index (χ1) is 7.06. The van der Waals surface area contributed by atoms with E-state index in [0.717, 1.165) is 0 Å². The molecule has 4 N–H and O–H groups in total. The second-order valence-corrected chi connectivity index (χ2v) is 3.99. The molecule has 0 bridgehead atoms. The van der Waals surface area contributed by atoms with Crippen molar-refractivity contribution in [3.63, 3.8) is 0 Å². The molecule has 1 aromatic carbocycles. The highest BCUT2D eigenvalue weighted by molar-refractivity contribution is 9.10. The maximum absolute atomic E-state index is 11.4. The molecule has 0 aliphatic heterocycles. The van der Waals surface area contributed by atoms with Crippen molar-refractivity contribution in [3.05, 3.63) is 22.7 Å². The van der Waals surface area contributed by atoms with Crippen LogP contribution in [0, 0.1) is 0 Å². The van der Waals surface area contributed by atoms with Crippen LogP contribution in [0.4, 0.5) is 5.69 Å². The van der Waals surface area contributed by atoms with E-state index in [1.807, 2.05) is 6.92 Å². The minimum Gasteiger partial charge on any atom is -0.505 e. The number of halogens is 1. The molecule has 4 nitrogen and oxygen atoms in total. The van der Waals surface area contributed by atoms with Gasteiger partial charge >= 0.3 is 0 Å². The Balaban J connectivity index is 2.81. The molecule has 0 aliphatic carbocycles. The van der Waals surface area contributed by atoms with Crippen molar-refractivity contribution in [2.24, 2.45) is 5.73 Å². The van der Waals surface area contributed by atoms with Gasteiger partial charge in [-0.1, -0.05) is 13.0 Å². The van der Waals surface area contributed by atoms with E-state index in [4.69, 9.17) is 5.73 Å². The molecule has 0 aliphatic rings. The average molecular weight is 273 g/mol. The van der Waals surface area contributed by atoms with Crippen molar-refractivity contribution in [2.75, 3.05) is 5.32 Å². The summed E-state index contributed by atoms with van der Waals surface area (Å²) in [6.07, 6.45) is 0.556. The second kappa shape index (κ2) is 5.14. The zero-order valence-electron chi connectivity index (χ0n) is 8.33. The number of rotatable bonds is 3. The summed E-state index contributed by atoms with van der Waals surface area (Å²) in [4.78, 5) is 11.4. The molecule has 0 saturated carbocycles. The Bertz CT molecular complexity index is 368. The van der Waals surface area contributed by atoms with Crippen LogP contribution in [0.25, 0.3) is 0 Å². The summed E-state index contributed by atoms with van der Waals surface area (Å²) in [6.45, 7) is 1.82. The summed E-state index contributed by atoms with van der Waals surface area (Å²) in [5.41, 5.74) is 5.91. The van der Waals surface area contributed by atoms with E-state index in [-0.39, 0.29) is 11.7 Å². The number of carbonyl (C=O) groups excluding carboxylic acids is 1. The number of hydrogen-bond donors (Lipinski definition) is 3. The Morgan fingerprint density at radius 1 is 1.67 bits per heavy atom. The van der Waals surface area contributed by atoms with Crippen molar-refractivity contribution < 1.29 is 9.90 Å². The highest BCUT2D eigenvalue weighted by Crippen LogP contribution is 2.31. The van der Waals surface area contributed by atoms with Crippen LogP contribution in [-0.4, -0.2) is 17.1 Å². The lowest BCUT2D eigenvalue weighted by atomic mass is 10.2. The lowest BCUT2D eigenvalue weighted by molar-refractivity contribution is -0.117. The van der Waals surface area contributed by atoms with Gasteiger partial charge in [0.25, 0.3) is 0 Å². The van der Waals surface area contributed by atoms with Crippen LogP contribution in [-0.2, 0) is 4.79 Å². The predicted molar refractivity (Wildman–Crippen MR) is 62.7 cm³/mol. The third-order valence-electron chi connectivity index (χ3n) is 2.02. The molecule has 15 heavy (non-hydrogen) atoms. The summed E-state index contributed by atoms with van der Waals surface area (Å²) < 4.78 is 0.533. The van der Waals surface area contributed by atoms with Crippen LogP contribution >= 0.6 is 15.9 Å². The van der Waals surface area contributed by atoms with Crippen LogP contribution in [0.5, 0.6) is 5.75 Å². The van der Waals surface area contributed by atoms with E-state index in [1.165, 1.54) is 0 Å². The van der Waals surface area contributed by atoms with Gasteiger partial charge in [-0.2, -0.15) is 0 Å². The molecule has 0 fully saturated rings. The number of nitrogens with two attached hydrogens (primary N) is 1. The highest BCUT2D eigenvalue weighted by atomic mass is 79.9. The predicted octanol–water partition coefficient (Wildman–Crippen LogP) is 1.83. The number of nitrogens with one attached hydrogen (secondary N) is 1. The summed E-state index contributed by atoms with van der Waals surface area (Å²) in [7, 11) is 0. The van der Waals surface area contributed by atoms with Gasteiger partial charge in [0.15, 0.2) is 5.75 Å². The number of phenolic OH excluding ortho intramolecular Hbond substituents is 1. The Morgan fingerprint density at radius 3 is 2.93 bits per heavy atom. The lowest BCUT2D eigenvalue weighted by Crippen LogP contribution is -2.34. The monoisotopic (exact) mass is 272 g/mol. The Hall–Kier alpha value is -1.07. The van der Waals surface area contributed by atoms with Gasteiger partial charge in [0.1, 0.15) is 0 Å². The van der Waals surface area contributed by atoms with E-state index in [0.29, 0.717) is 16.6 Å². The third-order valence-corrected chi connectivity index (χ3v) is 2.66. The highest BCUT2D eigenvalue weighted by Gasteiger charge is 2.13. The Morgan fingerprint density at radius 2 is 2.33 bits per heavy atom. The molecular formula is C10H13BrN2O2. The van der Waals surface area contributed by atoms with Gasteiger partial charge in [-0.3, -0.25) is 4.79 Å². The van der Waals surface area contributed by atoms with Gasteiger partial charge in [0, 0.05) is 0 Å². The first kappa shape index (κ1) is 12.0. The van der Waals surface area contributed by atoms with Gasteiger partial charge in [0.05, 0.1) is 16.2 Å². The van der Waals surface area contributed by atoms with Crippen LogP contribution in [0.15, 0.2) is 22.7 Å². The minimum atomic E-state index is -0.552. The molecule has 0 radical (unpaired) electrons. The molecule has 0 spiro atoms. The number of para-hydroxylation sites is 1. The largest absolute Gasteiger partial charge is 0.505 e. The lowest BCUT2D eigenvalue weighted by Gasteiger charge is -2.11. The Labute approximate surface area is 96.6 Å². The number of amides is 1. The maximum Gasteiger partial charge on any atom is 0.241 e. The van der Waals surface area contributed by atoms with Crippen LogP contribution in [0.3, 0.4) is 0 Å². The molecule has 1 rings (SSSR count). The van der Waals surface area contributed by atoms with Crippen molar-refractivity contribution in [2.45, 2.75) is 19.4 Å². The number of carbonyl (C=O) groups is 1. The quantitative estimate of drug-likeness (QED) is 0.735. The van der Waals surface area contributed by atoms with Gasteiger partial charge in [-0.15, -0.1) is 0 Å². The van der Waals surface area contributed by atoms with E-state index in [2.05, 4.69) is 21.2 Å². The molecule has 1 amide bonds. The second-order valence-electron chi connectivity index (χ2n) is 3.14. The van der Waals surface area contributed by atoms with Crippen LogP contribution in [0.1, 0.15) is 13.3 Å². The van der Waals surface area contributed by atoms with Crippen LogP contribution < -0.4 is 11.1 Å². The standard InChI is InChI=1S/C10H13BrN2O2/c1-2-7(12)10(15)13-8-5-3-4-6(11)9(8)14/h3-5,7,14H,2,12H2,1H3,(H,13,15)/t7-/m0/s1. The maximum atomic E-state index is 11.4. The number of phenols is 1. The molecule has 5 heteroatoms. The van der Waals surface area contributed by atoms with Gasteiger partial charge in [-0.05, 0) is 34.5 Å². The van der Waals surface area contributed by atoms with E-state index >= 15 is 0 Å². The SMILES string of the molecule is CC[C@H](N)C(=O)Nc1cccc(Br)c1O. The molecule has 0 heterocycles. The van der Waals surface area contributed by atoms with Crippen molar-refractivity contribution in [3.8, 4) is 5.75 Å². The zero-order valence-corrected chi connectivity index (χ0v) is 9.91. The third kappa shape index (κ3) is 2.94. The van der Waals surface area contributed by atoms with Gasteiger partial charge < -0.3 is 16.2 Å². The number of benzene rings is 1. The van der Waals surface area contributed by atoms with Crippen molar-refractivity contribution in [1.82, 2.24) is 0 Å². The molecule has 0 aromatic heterocycles. The summed E-state index contributed by atoms with van der Waals surface area (Å²) in [6, 6.07) is 4.46. The molecular weight excluding hydrogens is 260 g/mol. The van der Waals surface area contributed by atoms with Gasteiger partial charge in [-0.25, -0.2) is 0 Å². The molecule has 0 unspecified atom stereocenters. The normalized spacial score (nSPS) is 12.2. The fourth-order valence-corrected chi connectivity index (χ4v) is 1.39. The van der Waals surface area contributed by atoms with Crippen molar-refractivity contribution in [1.29, 1.82) is 0 Å². The van der Waals surface area contributed by atoms with E-state index in [9.17, 15) is 9.90 Å². The molecule has 0 saturated heterocycles. The van der Waals surface area contributed by atoms with E-state index in [1.54, 1.807) is 18.2 Å². The van der Waals surface area contributed by atoms with Crippen LogP contribution in [0.2, 0.25) is 0 Å². The minimum absolute atomic E-state index is 0.00848. The molecule has 1 atom stereocenters. The molecule has 82 valence electrons. The molecule has 1 aromatic rings. The van der Waals surface area contributed by atoms with E-state index < -0.39 is 6.04 Å². The average Bonchev–Trinajstić information content (AvgIpc) is 2.23. The summed E-state index contributed by atoms with van der Waals surface area (Å²) >= 11 is 3.16. The number of anilines is 1. The van der Waals surface area contributed by atoms with Crippen molar-refractivity contribution >= 4 is 27.5 Å².